The fourth-order valence-electron chi connectivity index (χ4n) is 4.35. The van der Waals surface area contributed by atoms with E-state index in [0.29, 0.717) is 5.41 Å². The Hall–Kier alpha value is -1.46. The van der Waals surface area contributed by atoms with Crippen LogP contribution in [0.1, 0.15) is 29.6 Å². The van der Waals surface area contributed by atoms with Crippen LogP contribution in [0.4, 0.5) is 0 Å². The Morgan fingerprint density at radius 3 is 2.43 bits per heavy atom. The smallest absolute Gasteiger partial charge is 0.254 e. The molecule has 3 aliphatic rings. The third-order valence-electron chi connectivity index (χ3n) is 5.72. The zero-order valence-electron chi connectivity index (χ0n) is 13.8. The third-order valence-corrected chi connectivity index (χ3v) is 5.72. The highest BCUT2D eigenvalue weighted by atomic mass is 16.2. The van der Waals surface area contributed by atoms with Crippen LogP contribution in [-0.2, 0) is 0 Å². The zero-order chi connectivity index (χ0) is 15.7. The van der Waals surface area contributed by atoms with Crippen LogP contribution < -0.4 is 0 Å². The maximum Gasteiger partial charge on any atom is 0.254 e. The molecule has 0 aromatic carbocycles. The highest BCUT2D eigenvalue weighted by molar-refractivity contribution is 5.94. The number of rotatable bonds is 4. The van der Waals surface area contributed by atoms with E-state index in [1.165, 1.54) is 58.5 Å². The minimum atomic E-state index is 0.161. The van der Waals surface area contributed by atoms with Crippen LogP contribution in [0, 0.1) is 5.41 Å². The number of carbonyl (C=O) groups excluding carboxylic acids is 1. The summed E-state index contributed by atoms with van der Waals surface area (Å²) in [6.07, 6.45) is 7.37. The Bertz CT molecular complexity index is 549. The van der Waals surface area contributed by atoms with E-state index in [9.17, 15) is 4.79 Å². The minimum absolute atomic E-state index is 0.161. The molecule has 0 unspecified atom stereocenters. The molecular weight excluding hydrogens is 288 g/mol. The maximum atomic E-state index is 12.4. The number of likely N-dealkylation sites (tertiary alicyclic amines) is 3. The molecule has 124 valence electrons. The SMILES string of the molecule is O=C(c1ccncc1)N1CC2(CCN(CCN3CCCC3)C2)C1. The number of hydrogen-bond donors (Lipinski definition) is 0. The van der Waals surface area contributed by atoms with Gasteiger partial charge in [-0.2, -0.15) is 0 Å². The predicted octanol–water partition coefficient (Wildman–Crippen LogP) is 1.33. The second-order valence-electron chi connectivity index (χ2n) is 7.47. The Kier molecular flexibility index (Phi) is 4.07. The Labute approximate surface area is 138 Å². The van der Waals surface area contributed by atoms with Crippen molar-refractivity contribution in [1.82, 2.24) is 19.7 Å². The largest absolute Gasteiger partial charge is 0.337 e. The quantitative estimate of drug-likeness (QED) is 0.840. The van der Waals surface area contributed by atoms with Crippen molar-refractivity contribution in [1.29, 1.82) is 0 Å². The van der Waals surface area contributed by atoms with E-state index in [0.717, 1.165) is 18.7 Å². The summed E-state index contributed by atoms with van der Waals surface area (Å²) in [5, 5.41) is 0. The van der Waals surface area contributed by atoms with Crippen LogP contribution in [-0.4, -0.2) is 77.9 Å². The first-order valence-corrected chi connectivity index (χ1v) is 8.88. The Morgan fingerprint density at radius 2 is 1.70 bits per heavy atom. The predicted molar refractivity (Wildman–Crippen MR) is 89.3 cm³/mol. The summed E-state index contributed by atoms with van der Waals surface area (Å²) in [6, 6.07) is 3.62. The van der Waals surface area contributed by atoms with Gasteiger partial charge >= 0.3 is 0 Å². The van der Waals surface area contributed by atoms with Crippen molar-refractivity contribution < 1.29 is 4.79 Å². The van der Waals surface area contributed by atoms with Crippen molar-refractivity contribution in [3.63, 3.8) is 0 Å². The molecule has 3 saturated heterocycles. The lowest BCUT2D eigenvalue weighted by Crippen LogP contribution is -2.59. The normalized spacial score (nSPS) is 24.3. The van der Waals surface area contributed by atoms with Crippen molar-refractivity contribution in [3.05, 3.63) is 30.1 Å². The van der Waals surface area contributed by atoms with Crippen LogP contribution in [0.15, 0.2) is 24.5 Å². The average Bonchev–Trinajstić information content (AvgIpc) is 3.21. The molecule has 5 nitrogen and oxygen atoms in total. The van der Waals surface area contributed by atoms with Gasteiger partial charge in [-0.3, -0.25) is 9.78 Å². The first-order valence-electron chi connectivity index (χ1n) is 8.88. The van der Waals surface area contributed by atoms with E-state index >= 15 is 0 Å². The molecular formula is C18H26N4O. The lowest BCUT2D eigenvalue weighted by atomic mass is 9.79. The molecule has 1 amide bonds. The van der Waals surface area contributed by atoms with Gasteiger partial charge in [-0.15, -0.1) is 0 Å². The molecule has 1 spiro atoms. The number of amides is 1. The van der Waals surface area contributed by atoms with Gasteiger partial charge in [0, 0.05) is 56.1 Å². The van der Waals surface area contributed by atoms with Crippen molar-refractivity contribution in [2.45, 2.75) is 19.3 Å². The number of pyridine rings is 1. The van der Waals surface area contributed by atoms with Gasteiger partial charge in [0.25, 0.3) is 5.91 Å². The highest BCUT2D eigenvalue weighted by Gasteiger charge is 2.49. The van der Waals surface area contributed by atoms with Gasteiger partial charge in [-0.1, -0.05) is 0 Å². The summed E-state index contributed by atoms with van der Waals surface area (Å²) in [7, 11) is 0. The lowest BCUT2D eigenvalue weighted by molar-refractivity contribution is 0.0104. The molecule has 0 saturated carbocycles. The second-order valence-corrected chi connectivity index (χ2v) is 7.47. The van der Waals surface area contributed by atoms with Crippen LogP contribution in [0.2, 0.25) is 0 Å². The van der Waals surface area contributed by atoms with Crippen LogP contribution >= 0.6 is 0 Å². The average molecular weight is 314 g/mol. The van der Waals surface area contributed by atoms with Gasteiger partial charge in [-0.25, -0.2) is 0 Å². The zero-order valence-corrected chi connectivity index (χ0v) is 13.8. The van der Waals surface area contributed by atoms with Crippen LogP contribution in [0.25, 0.3) is 0 Å². The first-order chi connectivity index (χ1) is 11.2. The molecule has 0 atom stereocenters. The molecule has 23 heavy (non-hydrogen) atoms. The molecule has 3 aliphatic heterocycles. The molecule has 4 rings (SSSR count). The van der Waals surface area contributed by atoms with Gasteiger partial charge in [0.1, 0.15) is 0 Å². The van der Waals surface area contributed by atoms with E-state index in [2.05, 4.69) is 14.8 Å². The van der Waals surface area contributed by atoms with Crippen molar-refractivity contribution in [2.75, 3.05) is 52.4 Å². The molecule has 0 radical (unpaired) electrons. The molecule has 1 aromatic heterocycles. The summed E-state index contributed by atoms with van der Waals surface area (Å²) < 4.78 is 0. The summed E-state index contributed by atoms with van der Waals surface area (Å²) >= 11 is 0. The maximum absolute atomic E-state index is 12.4. The van der Waals surface area contributed by atoms with Gasteiger partial charge in [0.15, 0.2) is 0 Å². The number of carbonyl (C=O) groups is 1. The molecule has 0 N–H and O–H groups in total. The van der Waals surface area contributed by atoms with Gasteiger partial charge in [-0.05, 0) is 51.0 Å². The molecule has 0 aliphatic carbocycles. The monoisotopic (exact) mass is 314 g/mol. The van der Waals surface area contributed by atoms with Crippen molar-refractivity contribution in [2.24, 2.45) is 5.41 Å². The molecule has 1 aromatic rings. The molecule has 5 heteroatoms. The summed E-state index contributed by atoms with van der Waals surface area (Å²) in [4.78, 5) is 23.6. The van der Waals surface area contributed by atoms with Gasteiger partial charge in [0.2, 0.25) is 0 Å². The summed E-state index contributed by atoms with van der Waals surface area (Å²) in [5.41, 5.74) is 1.13. The standard InChI is InChI=1S/C18H26N4O/c23-17(16-3-6-19-7-4-16)22-14-18(15-22)5-10-21(13-18)12-11-20-8-1-2-9-20/h3-4,6-7H,1-2,5,8-15H2. The van der Waals surface area contributed by atoms with Crippen molar-refractivity contribution in [3.8, 4) is 0 Å². The van der Waals surface area contributed by atoms with Crippen LogP contribution in [0.3, 0.4) is 0 Å². The third kappa shape index (κ3) is 3.12. The van der Waals surface area contributed by atoms with E-state index < -0.39 is 0 Å². The fourth-order valence-corrected chi connectivity index (χ4v) is 4.35. The molecule has 3 fully saturated rings. The second kappa shape index (κ2) is 6.21. The van der Waals surface area contributed by atoms with E-state index in [4.69, 9.17) is 0 Å². The van der Waals surface area contributed by atoms with E-state index in [-0.39, 0.29) is 5.91 Å². The highest BCUT2D eigenvalue weighted by Crippen LogP contribution is 2.40. The summed E-state index contributed by atoms with van der Waals surface area (Å²) in [5.74, 6) is 0.161. The van der Waals surface area contributed by atoms with Gasteiger partial charge in [0.05, 0.1) is 0 Å². The Balaban J connectivity index is 1.25. The molecule has 0 bridgehead atoms. The van der Waals surface area contributed by atoms with E-state index in [1.807, 2.05) is 17.0 Å². The first kappa shape index (κ1) is 15.1. The fraction of sp³-hybridized carbons (Fsp3) is 0.667. The number of aromatic nitrogens is 1. The molecule has 4 heterocycles. The Morgan fingerprint density at radius 1 is 1.00 bits per heavy atom. The summed E-state index contributed by atoms with van der Waals surface area (Å²) in [6.45, 7) is 9.20. The van der Waals surface area contributed by atoms with Crippen molar-refractivity contribution >= 4 is 5.91 Å². The topological polar surface area (TPSA) is 39.7 Å². The minimum Gasteiger partial charge on any atom is -0.337 e. The lowest BCUT2D eigenvalue weighted by Gasteiger charge is -2.48. The van der Waals surface area contributed by atoms with Crippen LogP contribution in [0.5, 0.6) is 0 Å². The van der Waals surface area contributed by atoms with E-state index in [1.54, 1.807) is 12.4 Å². The van der Waals surface area contributed by atoms with Gasteiger partial charge < -0.3 is 14.7 Å². The number of nitrogens with zero attached hydrogens (tertiary/aromatic N) is 4. The number of hydrogen-bond acceptors (Lipinski definition) is 4.